The fraction of sp³-hybridized carbons (Fsp3) is 0.200. The van der Waals surface area contributed by atoms with E-state index in [0.717, 1.165) is 11.1 Å². The van der Waals surface area contributed by atoms with Gasteiger partial charge in [0.25, 0.3) is 0 Å². The van der Waals surface area contributed by atoms with Crippen molar-refractivity contribution in [1.82, 2.24) is 4.31 Å². The Morgan fingerprint density at radius 2 is 1.65 bits per heavy atom. The number of sulfonamides is 1. The summed E-state index contributed by atoms with van der Waals surface area (Å²) >= 11 is 5.98. The van der Waals surface area contributed by atoms with Crippen LogP contribution < -0.4 is 0 Å². The van der Waals surface area contributed by atoms with Crippen molar-refractivity contribution in [3.05, 3.63) is 64.7 Å². The van der Waals surface area contributed by atoms with Crippen LogP contribution in [0.5, 0.6) is 0 Å². The van der Waals surface area contributed by atoms with E-state index in [2.05, 4.69) is 0 Å². The minimum absolute atomic E-state index is 0.137. The number of benzene rings is 2. The second-order valence-electron chi connectivity index (χ2n) is 4.62. The van der Waals surface area contributed by atoms with E-state index in [0.29, 0.717) is 6.54 Å². The number of nitrogens with zero attached hydrogens (tertiary/aromatic N) is 1. The van der Waals surface area contributed by atoms with E-state index >= 15 is 0 Å². The normalized spacial score (nSPS) is 11.8. The van der Waals surface area contributed by atoms with Gasteiger partial charge in [-0.05, 0) is 30.2 Å². The van der Waals surface area contributed by atoms with Crippen LogP contribution in [0.1, 0.15) is 11.1 Å². The quantitative estimate of drug-likeness (QED) is 0.867. The van der Waals surface area contributed by atoms with E-state index in [-0.39, 0.29) is 9.92 Å². The highest BCUT2D eigenvalue weighted by Gasteiger charge is 2.23. The Morgan fingerprint density at radius 3 is 2.30 bits per heavy atom. The zero-order chi connectivity index (χ0) is 14.8. The topological polar surface area (TPSA) is 37.4 Å². The molecule has 0 spiro atoms. The van der Waals surface area contributed by atoms with Gasteiger partial charge in [0.2, 0.25) is 10.0 Å². The molecule has 5 heteroatoms. The first-order chi connectivity index (χ1) is 9.43. The molecule has 0 fully saturated rings. The average molecular weight is 310 g/mol. The molecule has 3 nitrogen and oxygen atoms in total. The van der Waals surface area contributed by atoms with Crippen molar-refractivity contribution in [3.8, 4) is 0 Å². The number of halogens is 1. The smallest absolute Gasteiger partial charge is 0.207 e. The van der Waals surface area contributed by atoms with Gasteiger partial charge in [-0.25, -0.2) is 8.42 Å². The van der Waals surface area contributed by atoms with Gasteiger partial charge in [0.1, 0.15) is 4.90 Å². The largest absolute Gasteiger partial charge is 0.244 e. The maximum absolute atomic E-state index is 12.5. The van der Waals surface area contributed by atoms with Crippen molar-refractivity contribution in [2.24, 2.45) is 0 Å². The number of hydrogen-bond acceptors (Lipinski definition) is 2. The molecule has 0 amide bonds. The molecule has 0 saturated carbocycles. The first-order valence-electron chi connectivity index (χ1n) is 6.18. The lowest BCUT2D eigenvalue weighted by atomic mass is 10.1. The Bertz CT molecular complexity index is 713. The summed E-state index contributed by atoms with van der Waals surface area (Å²) in [6, 6.07) is 14.2. The zero-order valence-corrected chi connectivity index (χ0v) is 12.9. The van der Waals surface area contributed by atoms with E-state index in [1.54, 1.807) is 25.2 Å². The fourth-order valence-electron chi connectivity index (χ4n) is 1.93. The van der Waals surface area contributed by atoms with Crippen LogP contribution >= 0.6 is 11.6 Å². The van der Waals surface area contributed by atoms with Crippen molar-refractivity contribution in [2.75, 3.05) is 7.05 Å². The monoisotopic (exact) mass is 309 g/mol. The van der Waals surface area contributed by atoms with Crippen LogP contribution in [0, 0.1) is 6.92 Å². The van der Waals surface area contributed by atoms with Crippen molar-refractivity contribution < 1.29 is 8.42 Å². The predicted molar refractivity (Wildman–Crippen MR) is 81.3 cm³/mol. The van der Waals surface area contributed by atoms with Gasteiger partial charge < -0.3 is 0 Å². The molecule has 2 aromatic carbocycles. The summed E-state index contributed by atoms with van der Waals surface area (Å²) in [7, 11) is -2.02. The van der Waals surface area contributed by atoms with Crippen LogP contribution in [0.4, 0.5) is 0 Å². The second-order valence-corrected chi connectivity index (χ2v) is 7.04. The lowest BCUT2D eigenvalue weighted by molar-refractivity contribution is 0.466. The van der Waals surface area contributed by atoms with Gasteiger partial charge in [-0.15, -0.1) is 0 Å². The molecule has 0 aromatic heterocycles. The summed E-state index contributed by atoms with van der Waals surface area (Å²) in [6.07, 6.45) is 0. The highest BCUT2D eigenvalue weighted by molar-refractivity contribution is 7.89. The average Bonchev–Trinajstić information content (AvgIpc) is 2.41. The maximum atomic E-state index is 12.5. The Labute approximate surface area is 124 Å². The van der Waals surface area contributed by atoms with Crippen LogP contribution in [0.2, 0.25) is 5.02 Å². The molecule has 0 atom stereocenters. The third-order valence-corrected chi connectivity index (χ3v) is 5.48. The number of aryl methyl sites for hydroxylation is 1. The van der Waals surface area contributed by atoms with E-state index in [1.807, 2.05) is 31.2 Å². The third kappa shape index (κ3) is 3.03. The molecule has 0 aliphatic carbocycles. The summed E-state index contributed by atoms with van der Waals surface area (Å²) in [4.78, 5) is 0.137. The Kier molecular flexibility index (Phi) is 4.48. The summed E-state index contributed by atoms with van der Waals surface area (Å²) in [5, 5.41) is 0.240. The zero-order valence-electron chi connectivity index (χ0n) is 11.4. The molecule has 2 aromatic rings. The molecular formula is C15H16ClNO2S. The molecule has 106 valence electrons. The minimum Gasteiger partial charge on any atom is -0.207 e. The van der Waals surface area contributed by atoms with Gasteiger partial charge in [-0.1, -0.05) is 48.0 Å². The van der Waals surface area contributed by atoms with Crippen LogP contribution in [-0.2, 0) is 16.6 Å². The third-order valence-electron chi connectivity index (χ3n) is 3.18. The molecule has 0 aliphatic heterocycles. The summed E-state index contributed by atoms with van der Waals surface area (Å²) < 4.78 is 26.3. The van der Waals surface area contributed by atoms with Crippen molar-refractivity contribution in [3.63, 3.8) is 0 Å². The van der Waals surface area contributed by atoms with Crippen LogP contribution in [0.25, 0.3) is 0 Å². The van der Waals surface area contributed by atoms with Gasteiger partial charge in [0.05, 0.1) is 5.02 Å². The Balaban J connectivity index is 2.31. The maximum Gasteiger partial charge on any atom is 0.244 e. The highest BCUT2D eigenvalue weighted by atomic mass is 35.5. The molecule has 0 saturated heterocycles. The Morgan fingerprint density at radius 1 is 1.05 bits per heavy atom. The first-order valence-corrected chi connectivity index (χ1v) is 8.00. The summed E-state index contributed by atoms with van der Waals surface area (Å²) in [5.74, 6) is 0. The molecular weight excluding hydrogens is 294 g/mol. The van der Waals surface area contributed by atoms with Crippen molar-refractivity contribution in [1.29, 1.82) is 0 Å². The SMILES string of the molecule is Cc1ccccc1CN(C)S(=O)(=O)c1ccccc1Cl. The van der Waals surface area contributed by atoms with E-state index in [9.17, 15) is 8.42 Å². The first kappa shape index (κ1) is 15.0. The van der Waals surface area contributed by atoms with Gasteiger partial charge >= 0.3 is 0 Å². The predicted octanol–water partition coefficient (Wildman–Crippen LogP) is 3.47. The molecule has 0 bridgehead atoms. The van der Waals surface area contributed by atoms with Gasteiger partial charge in [-0.2, -0.15) is 4.31 Å². The van der Waals surface area contributed by atoms with Gasteiger partial charge in [0.15, 0.2) is 0 Å². The lowest BCUT2D eigenvalue weighted by Crippen LogP contribution is -2.27. The molecule has 0 unspecified atom stereocenters. The summed E-state index contributed by atoms with van der Waals surface area (Å²) in [6.45, 7) is 2.28. The van der Waals surface area contributed by atoms with Crippen LogP contribution in [-0.4, -0.2) is 19.8 Å². The molecule has 0 N–H and O–H groups in total. The lowest BCUT2D eigenvalue weighted by Gasteiger charge is -2.19. The van der Waals surface area contributed by atoms with Crippen molar-refractivity contribution in [2.45, 2.75) is 18.4 Å². The van der Waals surface area contributed by atoms with Crippen molar-refractivity contribution >= 4 is 21.6 Å². The number of rotatable bonds is 4. The number of hydrogen-bond donors (Lipinski definition) is 0. The van der Waals surface area contributed by atoms with Crippen LogP contribution in [0.15, 0.2) is 53.4 Å². The molecule has 20 heavy (non-hydrogen) atoms. The molecule has 0 heterocycles. The fourth-order valence-corrected chi connectivity index (χ4v) is 3.57. The second kappa shape index (κ2) is 5.95. The van der Waals surface area contributed by atoms with Gasteiger partial charge in [-0.3, -0.25) is 0 Å². The minimum atomic E-state index is -3.58. The van der Waals surface area contributed by atoms with E-state index in [1.165, 1.54) is 10.4 Å². The van der Waals surface area contributed by atoms with Gasteiger partial charge in [0, 0.05) is 13.6 Å². The molecule has 0 radical (unpaired) electrons. The van der Waals surface area contributed by atoms with E-state index in [4.69, 9.17) is 11.6 Å². The molecule has 2 rings (SSSR count). The summed E-state index contributed by atoms with van der Waals surface area (Å²) in [5.41, 5.74) is 2.04. The standard InChI is InChI=1S/C15H16ClNO2S/c1-12-7-3-4-8-13(12)11-17(2)20(18,19)15-10-6-5-9-14(15)16/h3-10H,11H2,1-2H3. The van der Waals surface area contributed by atoms with E-state index < -0.39 is 10.0 Å². The molecule has 0 aliphatic rings. The highest BCUT2D eigenvalue weighted by Crippen LogP contribution is 2.24. The Hall–Kier alpha value is -1.36. The van der Waals surface area contributed by atoms with Crippen LogP contribution in [0.3, 0.4) is 0 Å².